The quantitative estimate of drug-likeness (QED) is 0.344. The van der Waals surface area contributed by atoms with E-state index in [-0.39, 0.29) is 37.7 Å². The topological polar surface area (TPSA) is 115 Å². The zero-order valence-corrected chi connectivity index (χ0v) is 7.62. The van der Waals surface area contributed by atoms with Gasteiger partial charge in [0.2, 0.25) is 0 Å². The van der Waals surface area contributed by atoms with Gasteiger partial charge < -0.3 is 0 Å². The zero-order chi connectivity index (χ0) is 7.15. The van der Waals surface area contributed by atoms with Crippen molar-refractivity contribution in [3.63, 3.8) is 0 Å². The first kappa shape index (κ1) is 17.4. The third kappa shape index (κ3) is 134. The van der Waals surface area contributed by atoms with E-state index in [0.29, 0.717) is 0 Å². The fraction of sp³-hybridized carbons (Fsp3) is 0. The Hall–Kier alpha value is 2.30. The molecule has 0 atom stereocenters. The second-order valence-electron chi connectivity index (χ2n) is 0.565. The molecule has 0 heterocycles. The third-order valence-corrected chi connectivity index (χ3v) is 0. The van der Waals surface area contributed by atoms with E-state index in [1.807, 2.05) is 0 Å². The van der Waals surface area contributed by atoms with E-state index in [4.69, 9.17) is 19.9 Å². The molecule has 0 unspecified atom stereocenters. The van der Waals surface area contributed by atoms with E-state index in [1.54, 1.807) is 0 Å². The molecule has 9 heavy (non-hydrogen) atoms. The molecule has 52 valence electrons. The summed E-state index contributed by atoms with van der Waals surface area (Å²) in [5.74, 6) is 0. The van der Waals surface area contributed by atoms with Gasteiger partial charge >= 0.3 is 98.9 Å². The van der Waals surface area contributed by atoms with Gasteiger partial charge in [-0.2, -0.15) is 0 Å². The van der Waals surface area contributed by atoms with E-state index in [9.17, 15) is 0 Å². The van der Waals surface area contributed by atoms with Crippen molar-refractivity contribution in [3.8, 4) is 0 Å². The van der Waals surface area contributed by atoms with E-state index >= 15 is 0 Å². The van der Waals surface area contributed by atoms with Crippen molar-refractivity contribution >= 4 is 37.7 Å². The molecule has 4 N–H and O–H groups in total. The van der Waals surface area contributed by atoms with Crippen LogP contribution in [0.1, 0.15) is 0 Å². The van der Waals surface area contributed by atoms with Crippen molar-refractivity contribution in [2.24, 2.45) is 0 Å². The Bertz CT molecular complexity index is 71.1. The molecule has 6 nitrogen and oxygen atoms in total. The maximum absolute atomic E-state index is 8.84. The van der Waals surface area contributed by atoms with Gasteiger partial charge in [-0.05, 0) is 0 Å². The van der Waals surface area contributed by atoms with Gasteiger partial charge in [0.1, 0.15) is 0 Å². The molecule has 9 heteroatoms. The fourth-order valence-corrected chi connectivity index (χ4v) is 0. The third-order valence-electron chi connectivity index (χ3n) is 0. The summed E-state index contributed by atoms with van der Waals surface area (Å²) in [6.45, 7) is 0. The molecule has 0 amide bonds. The Balaban J connectivity index is -0.0000000720. The van der Waals surface area contributed by atoms with Gasteiger partial charge in [-0.1, -0.05) is 0 Å². The normalized spacial score (nSPS) is 5.78. The summed E-state index contributed by atoms with van der Waals surface area (Å²) in [5.41, 5.74) is 0. The van der Waals surface area contributed by atoms with Gasteiger partial charge in [0.05, 0.1) is 0 Å². The van der Waals surface area contributed by atoms with Crippen LogP contribution in [0.25, 0.3) is 0 Å². The second kappa shape index (κ2) is 12.9. The molecule has 0 fully saturated rings. The standard InChI is InChI=1S/Ca.4H2O.2O.Ti.Zr.2H/h;4*1H2;;;;;;/q;;;;;;;2*+2;;/p-4. The molecule has 0 bridgehead atoms. The van der Waals surface area contributed by atoms with E-state index in [2.05, 4.69) is 0 Å². The van der Waals surface area contributed by atoms with Gasteiger partial charge in [-0.15, -0.1) is 0 Å². The molecule has 0 saturated carbocycles. The summed E-state index contributed by atoms with van der Waals surface area (Å²) < 4.78 is 46.6. The predicted octanol–water partition coefficient (Wildman–Crippen LogP) is -3.39. The second-order valence-corrected chi connectivity index (χ2v) is 2.84. The van der Waals surface area contributed by atoms with E-state index in [0.717, 1.165) is 0 Å². The van der Waals surface area contributed by atoms with Gasteiger partial charge in [-0.3, -0.25) is 0 Å². The minimum absolute atomic E-state index is 0. The van der Waals surface area contributed by atoms with Crippen molar-refractivity contribution in [3.05, 3.63) is 0 Å². The first-order valence-corrected chi connectivity index (χ1v) is 6.54. The molecule has 0 radical (unpaired) electrons. The van der Waals surface area contributed by atoms with E-state index < -0.39 is 41.3 Å². The van der Waals surface area contributed by atoms with Gasteiger partial charge in [0.25, 0.3) is 0 Å². The Morgan fingerprint density at radius 2 is 1.22 bits per heavy atom. The van der Waals surface area contributed by atoms with Gasteiger partial charge in [0.15, 0.2) is 0 Å². The number of rotatable bonds is 0. The molecule has 0 aromatic heterocycles. The molecular formula is H6CaO6TiZr. The first-order valence-electron chi connectivity index (χ1n) is 1.30. The van der Waals surface area contributed by atoms with Gasteiger partial charge in [0, 0.05) is 0 Å². The molecule has 0 aliphatic rings. The molecule has 0 saturated heterocycles. The molecule has 0 rings (SSSR count). The van der Waals surface area contributed by atoms with Crippen LogP contribution in [0.15, 0.2) is 0 Å². The predicted molar refractivity (Wildman–Crippen MR) is 18.8 cm³/mol. The SMILES string of the molecule is [CaH2].[O]=[Ti]([OH])[OH].[O]=[Zr]([OH])[OH]. The van der Waals surface area contributed by atoms with Crippen molar-refractivity contribution in [1.82, 2.24) is 0 Å². The molecule has 0 aliphatic carbocycles. The summed E-state index contributed by atoms with van der Waals surface area (Å²) >= 11 is -7.38. The molecule has 0 aliphatic heterocycles. The van der Waals surface area contributed by atoms with Crippen molar-refractivity contribution in [2.75, 3.05) is 0 Å². The maximum atomic E-state index is 8.84. The first-order chi connectivity index (χ1) is 3.46. The minimum atomic E-state index is -3.79. The van der Waals surface area contributed by atoms with Crippen molar-refractivity contribution < 1.29 is 61.1 Å². The van der Waals surface area contributed by atoms with Gasteiger partial charge in [-0.25, -0.2) is 0 Å². The fourth-order valence-electron chi connectivity index (χ4n) is 0. The Morgan fingerprint density at radius 1 is 1.22 bits per heavy atom. The van der Waals surface area contributed by atoms with Crippen LogP contribution in [-0.2, 0) is 47.4 Å². The van der Waals surface area contributed by atoms with Crippen LogP contribution >= 0.6 is 0 Å². The average molecular weight is 281 g/mol. The van der Waals surface area contributed by atoms with Crippen LogP contribution in [0.5, 0.6) is 0 Å². The van der Waals surface area contributed by atoms with Crippen LogP contribution in [0.2, 0.25) is 0 Å². The van der Waals surface area contributed by atoms with Crippen molar-refractivity contribution in [1.29, 1.82) is 0 Å². The van der Waals surface area contributed by atoms with Crippen molar-refractivity contribution in [2.45, 2.75) is 0 Å². The van der Waals surface area contributed by atoms with Crippen LogP contribution in [-0.4, -0.2) is 51.5 Å². The summed E-state index contributed by atoms with van der Waals surface area (Å²) in [6.07, 6.45) is 0. The summed E-state index contributed by atoms with van der Waals surface area (Å²) in [7, 11) is 0. The molecule has 0 spiro atoms. The summed E-state index contributed by atoms with van der Waals surface area (Å²) in [6, 6.07) is 0. The van der Waals surface area contributed by atoms with Crippen LogP contribution in [0.4, 0.5) is 0 Å². The molecular weight excluding hydrogens is 275 g/mol. The molecule has 0 aromatic rings. The Kier molecular flexibility index (Phi) is 25.0. The monoisotopic (exact) mass is 280 g/mol. The van der Waals surface area contributed by atoms with Crippen LogP contribution in [0, 0.1) is 0 Å². The number of hydrogen-bond acceptors (Lipinski definition) is 2. The molecule has 0 aromatic carbocycles. The summed E-state index contributed by atoms with van der Waals surface area (Å²) in [4.78, 5) is 0. The van der Waals surface area contributed by atoms with Crippen LogP contribution in [0.3, 0.4) is 0 Å². The van der Waals surface area contributed by atoms with Crippen LogP contribution < -0.4 is 0 Å². The Labute approximate surface area is 97.0 Å². The zero-order valence-electron chi connectivity index (χ0n) is 3.61. The summed E-state index contributed by atoms with van der Waals surface area (Å²) in [5, 5.41) is 0. The average Bonchev–Trinajstić information content (AvgIpc) is 1.25. The number of hydrogen-bond donors (Lipinski definition) is 4. The van der Waals surface area contributed by atoms with E-state index in [1.165, 1.54) is 0 Å². The Morgan fingerprint density at radius 3 is 1.22 bits per heavy atom.